The molecule has 1 amide bonds. The molecule has 0 bridgehead atoms. The summed E-state index contributed by atoms with van der Waals surface area (Å²) in [6.07, 6.45) is 4.22. The number of hydrogen-bond donors (Lipinski definition) is 0. The minimum absolute atomic E-state index is 0.0384. The van der Waals surface area contributed by atoms with Crippen LogP contribution in [0.3, 0.4) is 0 Å². The third-order valence-electron chi connectivity index (χ3n) is 6.21. The Labute approximate surface area is 201 Å². The van der Waals surface area contributed by atoms with Gasteiger partial charge in [-0.1, -0.05) is 35.5 Å². The van der Waals surface area contributed by atoms with E-state index in [9.17, 15) is 4.79 Å². The second-order valence-electron chi connectivity index (χ2n) is 8.53. The molecule has 0 spiro atoms. The number of rotatable bonds is 10. The fraction of sp³-hybridized carbons (Fsp3) is 0.407. The minimum Gasteiger partial charge on any atom is -0.497 e. The topological polar surface area (TPSA) is 68.0 Å². The molecule has 4 rings (SSSR count). The average molecular weight is 464 g/mol. The van der Waals surface area contributed by atoms with Crippen LogP contribution in [0.4, 0.5) is 5.88 Å². The highest BCUT2D eigenvalue weighted by Gasteiger charge is 2.27. The zero-order chi connectivity index (χ0) is 23.8. The lowest BCUT2D eigenvalue weighted by Crippen LogP contribution is -2.34. The Bertz CT molecular complexity index is 1040. The van der Waals surface area contributed by atoms with Crippen LogP contribution in [0.5, 0.6) is 5.75 Å². The van der Waals surface area contributed by atoms with Gasteiger partial charge in [0.1, 0.15) is 11.4 Å². The summed E-state index contributed by atoms with van der Waals surface area (Å²) < 4.78 is 16.4. The molecule has 7 heteroatoms. The van der Waals surface area contributed by atoms with E-state index in [4.69, 9.17) is 14.0 Å². The average Bonchev–Trinajstić information content (AvgIpc) is 3.32. The van der Waals surface area contributed by atoms with E-state index in [-0.39, 0.29) is 5.91 Å². The molecule has 0 saturated carbocycles. The van der Waals surface area contributed by atoms with E-state index < -0.39 is 0 Å². The van der Waals surface area contributed by atoms with Crippen molar-refractivity contribution in [2.75, 3.05) is 45.4 Å². The summed E-state index contributed by atoms with van der Waals surface area (Å²) in [6.45, 7) is 3.44. The lowest BCUT2D eigenvalue weighted by molar-refractivity contribution is 0.0724. The summed E-state index contributed by atoms with van der Waals surface area (Å²) in [6, 6.07) is 17.3. The summed E-state index contributed by atoms with van der Waals surface area (Å²) in [7, 11) is 3.30. The second kappa shape index (κ2) is 11.7. The molecule has 1 aliphatic heterocycles. The van der Waals surface area contributed by atoms with Gasteiger partial charge in [0.25, 0.3) is 5.91 Å². The molecule has 180 valence electrons. The number of nitrogens with zero attached hydrogens (tertiary/aromatic N) is 3. The van der Waals surface area contributed by atoms with Crippen molar-refractivity contribution in [3.63, 3.8) is 0 Å². The molecule has 3 aromatic rings. The summed E-state index contributed by atoms with van der Waals surface area (Å²) >= 11 is 0. The molecule has 0 radical (unpaired) electrons. The summed E-state index contributed by atoms with van der Waals surface area (Å²) in [5.41, 5.74) is 3.35. The SMILES string of the molecule is COCCCN(Cc1c(-c2ccccc2)noc1N1CCCCC1)C(=O)c1ccc(OC)cc1. The molecule has 0 N–H and O–H groups in total. The summed E-state index contributed by atoms with van der Waals surface area (Å²) in [5.74, 6) is 1.46. The van der Waals surface area contributed by atoms with Gasteiger partial charge in [0.15, 0.2) is 0 Å². The van der Waals surface area contributed by atoms with Crippen LogP contribution in [0.15, 0.2) is 59.1 Å². The van der Waals surface area contributed by atoms with Crippen LogP contribution in [0.1, 0.15) is 41.6 Å². The molecule has 0 aliphatic carbocycles. The van der Waals surface area contributed by atoms with Crippen molar-refractivity contribution >= 4 is 11.8 Å². The van der Waals surface area contributed by atoms with E-state index in [2.05, 4.69) is 10.1 Å². The first-order valence-electron chi connectivity index (χ1n) is 11.9. The van der Waals surface area contributed by atoms with E-state index in [0.717, 1.165) is 60.8 Å². The standard InChI is InChI=1S/C27H33N3O4/c1-32-19-9-18-30(26(31)22-12-14-23(33-2)15-13-22)20-24-25(21-10-5-3-6-11-21)28-34-27(24)29-16-7-4-8-17-29/h3,5-6,10-15H,4,7-9,16-20H2,1-2H3. The largest absolute Gasteiger partial charge is 0.497 e. The van der Waals surface area contributed by atoms with Gasteiger partial charge < -0.3 is 23.8 Å². The number of anilines is 1. The molecule has 1 aliphatic rings. The van der Waals surface area contributed by atoms with Crippen LogP contribution in [0, 0.1) is 0 Å². The van der Waals surface area contributed by atoms with Crippen LogP contribution in [-0.2, 0) is 11.3 Å². The monoisotopic (exact) mass is 463 g/mol. The van der Waals surface area contributed by atoms with Gasteiger partial charge in [-0.25, -0.2) is 0 Å². The van der Waals surface area contributed by atoms with Crippen LogP contribution in [0.25, 0.3) is 11.3 Å². The molecule has 1 aromatic heterocycles. The van der Waals surface area contributed by atoms with Gasteiger partial charge in [0.05, 0.1) is 19.2 Å². The molecule has 2 aromatic carbocycles. The number of hydrogen-bond acceptors (Lipinski definition) is 6. The van der Waals surface area contributed by atoms with Crippen LogP contribution in [0.2, 0.25) is 0 Å². The van der Waals surface area contributed by atoms with Crippen LogP contribution < -0.4 is 9.64 Å². The van der Waals surface area contributed by atoms with E-state index in [1.54, 1.807) is 14.2 Å². The fourth-order valence-electron chi connectivity index (χ4n) is 4.37. The maximum absolute atomic E-state index is 13.6. The fourth-order valence-corrected chi connectivity index (χ4v) is 4.37. The Morgan fingerprint density at radius 1 is 1.03 bits per heavy atom. The Morgan fingerprint density at radius 3 is 2.44 bits per heavy atom. The van der Waals surface area contributed by atoms with Gasteiger partial charge in [-0.3, -0.25) is 4.79 Å². The predicted molar refractivity (Wildman–Crippen MR) is 132 cm³/mol. The van der Waals surface area contributed by atoms with E-state index in [0.29, 0.717) is 25.3 Å². The van der Waals surface area contributed by atoms with Crippen molar-refractivity contribution in [2.24, 2.45) is 0 Å². The molecule has 0 unspecified atom stereocenters. The highest BCUT2D eigenvalue weighted by Crippen LogP contribution is 2.34. The highest BCUT2D eigenvalue weighted by atomic mass is 16.5. The lowest BCUT2D eigenvalue weighted by Gasteiger charge is -2.28. The van der Waals surface area contributed by atoms with Gasteiger partial charge in [0.2, 0.25) is 5.88 Å². The summed E-state index contributed by atoms with van der Waals surface area (Å²) in [4.78, 5) is 17.7. The van der Waals surface area contributed by atoms with Crippen molar-refractivity contribution in [3.8, 4) is 17.0 Å². The number of carbonyl (C=O) groups is 1. The number of amides is 1. The number of aromatic nitrogens is 1. The Balaban J connectivity index is 1.68. The minimum atomic E-state index is -0.0384. The molecule has 1 fully saturated rings. The maximum atomic E-state index is 13.6. The number of carbonyl (C=O) groups excluding carboxylic acids is 1. The third kappa shape index (κ3) is 5.59. The Hall–Kier alpha value is -3.32. The predicted octanol–water partition coefficient (Wildman–Crippen LogP) is 5.02. The first-order valence-corrected chi connectivity index (χ1v) is 11.9. The van der Waals surface area contributed by atoms with Gasteiger partial charge >= 0.3 is 0 Å². The van der Waals surface area contributed by atoms with Gasteiger partial charge in [-0.2, -0.15) is 0 Å². The van der Waals surface area contributed by atoms with Crippen LogP contribution in [-0.4, -0.2) is 56.4 Å². The first-order chi connectivity index (χ1) is 16.7. The Kier molecular flexibility index (Phi) is 8.20. The number of benzene rings is 2. The van der Waals surface area contributed by atoms with Crippen molar-refractivity contribution in [2.45, 2.75) is 32.2 Å². The molecule has 34 heavy (non-hydrogen) atoms. The second-order valence-corrected chi connectivity index (χ2v) is 8.53. The molecular formula is C27H33N3O4. The quantitative estimate of drug-likeness (QED) is 0.393. The van der Waals surface area contributed by atoms with Crippen molar-refractivity contribution < 1.29 is 18.8 Å². The highest BCUT2D eigenvalue weighted by molar-refractivity contribution is 5.94. The zero-order valence-electron chi connectivity index (χ0n) is 20.0. The lowest BCUT2D eigenvalue weighted by atomic mass is 10.0. The van der Waals surface area contributed by atoms with E-state index >= 15 is 0 Å². The third-order valence-corrected chi connectivity index (χ3v) is 6.21. The van der Waals surface area contributed by atoms with Gasteiger partial charge in [0, 0.05) is 44.5 Å². The maximum Gasteiger partial charge on any atom is 0.254 e. The normalized spacial score (nSPS) is 13.6. The molecule has 2 heterocycles. The molecule has 0 atom stereocenters. The van der Waals surface area contributed by atoms with Crippen molar-refractivity contribution in [3.05, 3.63) is 65.7 Å². The summed E-state index contributed by atoms with van der Waals surface area (Å²) in [5, 5.41) is 4.47. The van der Waals surface area contributed by atoms with E-state index in [1.165, 1.54) is 6.42 Å². The number of piperidine rings is 1. The Morgan fingerprint density at radius 2 is 1.76 bits per heavy atom. The number of ether oxygens (including phenoxy) is 2. The zero-order valence-corrected chi connectivity index (χ0v) is 20.0. The molecule has 7 nitrogen and oxygen atoms in total. The van der Waals surface area contributed by atoms with Gasteiger partial charge in [-0.05, 0) is 49.9 Å². The number of methoxy groups -OCH3 is 2. The first kappa shape index (κ1) is 23.8. The molecule has 1 saturated heterocycles. The smallest absolute Gasteiger partial charge is 0.254 e. The van der Waals surface area contributed by atoms with E-state index in [1.807, 2.05) is 59.5 Å². The van der Waals surface area contributed by atoms with Gasteiger partial charge in [-0.15, -0.1) is 0 Å². The van der Waals surface area contributed by atoms with Crippen LogP contribution >= 0.6 is 0 Å². The van der Waals surface area contributed by atoms with Crippen molar-refractivity contribution in [1.29, 1.82) is 0 Å². The molecular weight excluding hydrogens is 430 g/mol. The van der Waals surface area contributed by atoms with Crippen molar-refractivity contribution in [1.82, 2.24) is 10.1 Å².